The molecule has 3 heterocycles. The highest BCUT2D eigenvalue weighted by atomic mass is 16.2. The Morgan fingerprint density at radius 1 is 1.59 bits per heavy atom. The van der Waals surface area contributed by atoms with E-state index in [2.05, 4.69) is 27.6 Å². The van der Waals surface area contributed by atoms with Gasteiger partial charge < -0.3 is 10.6 Å². The first-order valence-corrected chi connectivity index (χ1v) is 5.96. The Morgan fingerprint density at radius 2 is 2.41 bits per heavy atom. The fourth-order valence-corrected chi connectivity index (χ4v) is 2.53. The van der Waals surface area contributed by atoms with Crippen LogP contribution in [0.15, 0.2) is 6.20 Å². The molecule has 2 atom stereocenters. The van der Waals surface area contributed by atoms with Gasteiger partial charge in [-0.15, -0.1) is 0 Å². The topological polar surface area (TPSA) is 62.2 Å². The molecule has 1 aromatic heterocycles. The van der Waals surface area contributed by atoms with Crippen LogP contribution in [0, 0.1) is 0 Å². The SMILES string of the molecule is CNC(=O)n1cc2c(n1)CN([C@@H]1CN[C@H]1C)C2. The maximum absolute atomic E-state index is 11.4. The lowest BCUT2D eigenvalue weighted by Gasteiger charge is -2.41. The average molecular weight is 235 g/mol. The summed E-state index contributed by atoms with van der Waals surface area (Å²) in [5.41, 5.74) is 2.21. The Hall–Kier alpha value is -1.40. The monoisotopic (exact) mass is 235 g/mol. The van der Waals surface area contributed by atoms with Gasteiger partial charge in [0, 0.05) is 50.5 Å². The maximum Gasteiger partial charge on any atom is 0.341 e. The van der Waals surface area contributed by atoms with Gasteiger partial charge in [0.1, 0.15) is 0 Å². The number of hydrogen-bond donors (Lipinski definition) is 2. The molecule has 0 bridgehead atoms. The number of nitrogens with one attached hydrogen (secondary N) is 2. The van der Waals surface area contributed by atoms with E-state index in [0.717, 1.165) is 25.3 Å². The number of aromatic nitrogens is 2. The van der Waals surface area contributed by atoms with Crippen molar-refractivity contribution in [2.24, 2.45) is 0 Å². The highest BCUT2D eigenvalue weighted by Crippen LogP contribution is 2.26. The van der Waals surface area contributed by atoms with Crippen molar-refractivity contribution in [1.82, 2.24) is 25.3 Å². The summed E-state index contributed by atoms with van der Waals surface area (Å²) >= 11 is 0. The van der Waals surface area contributed by atoms with Crippen molar-refractivity contribution < 1.29 is 4.79 Å². The first kappa shape index (κ1) is 10.7. The lowest BCUT2D eigenvalue weighted by Crippen LogP contribution is -2.62. The van der Waals surface area contributed by atoms with E-state index in [9.17, 15) is 4.79 Å². The predicted molar refractivity (Wildman–Crippen MR) is 62.6 cm³/mol. The fraction of sp³-hybridized carbons (Fsp3) is 0.636. The summed E-state index contributed by atoms with van der Waals surface area (Å²) in [7, 11) is 1.61. The number of hydrogen-bond acceptors (Lipinski definition) is 4. The van der Waals surface area contributed by atoms with Gasteiger partial charge in [0.25, 0.3) is 0 Å². The van der Waals surface area contributed by atoms with Crippen molar-refractivity contribution in [1.29, 1.82) is 0 Å². The lowest BCUT2D eigenvalue weighted by atomic mass is 10.0. The van der Waals surface area contributed by atoms with Gasteiger partial charge >= 0.3 is 6.03 Å². The predicted octanol–water partition coefficient (Wildman–Crippen LogP) is -0.253. The molecule has 6 nitrogen and oxygen atoms in total. The smallest absolute Gasteiger partial charge is 0.339 e. The summed E-state index contributed by atoms with van der Waals surface area (Å²) in [6.07, 6.45) is 1.84. The molecule has 17 heavy (non-hydrogen) atoms. The van der Waals surface area contributed by atoms with E-state index in [0.29, 0.717) is 12.1 Å². The third-order valence-electron chi connectivity index (χ3n) is 3.72. The second-order valence-corrected chi connectivity index (χ2v) is 4.77. The Morgan fingerprint density at radius 3 is 2.94 bits per heavy atom. The zero-order chi connectivity index (χ0) is 12.0. The molecule has 0 saturated carbocycles. The van der Waals surface area contributed by atoms with E-state index in [4.69, 9.17) is 0 Å². The van der Waals surface area contributed by atoms with Gasteiger partial charge in [0.2, 0.25) is 0 Å². The third kappa shape index (κ3) is 1.64. The minimum atomic E-state index is -0.176. The molecule has 0 spiro atoms. The highest BCUT2D eigenvalue weighted by Gasteiger charge is 2.36. The van der Waals surface area contributed by atoms with E-state index < -0.39 is 0 Å². The molecule has 1 aromatic rings. The van der Waals surface area contributed by atoms with Crippen LogP contribution < -0.4 is 10.6 Å². The molecule has 1 amide bonds. The first-order valence-electron chi connectivity index (χ1n) is 5.96. The van der Waals surface area contributed by atoms with Gasteiger partial charge in [-0.05, 0) is 6.92 Å². The van der Waals surface area contributed by atoms with E-state index >= 15 is 0 Å². The molecule has 1 saturated heterocycles. The van der Waals surface area contributed by atoms with E-state index in [1.807, 2.05) is 6.20 Å². The number of carbonyl (C=O) groups excluding carboxylic acids is 1. The van der Waals surface area contributed by atoms with Gasteiger partial charge in [-0.25, -0.2) is 4.79 Å². The average Bonchev–Trinajstić information content (AvgIpc) is 2.83. The molecule has 0 aromatic carbocycles. The van der Waals surface area contributed by atoms with Gasteiger partial charge in [-0.3, -0.25) is 4.90 Å². The molecular formula is C11H17N5O. The maximum atomic E-state index is 11.4. The van der Waals surface area contributed by atoms with Gasteiger partial charge in [0.15, 0.2) is 0 Å². The summed E-state index contributed by atoms with van der Waals surface area (Å²) in [5.74, 6) is 0. The number of rotatable bonds is 1. The molecule has 6 heteroatoms. The van der Waals surface area contributed by atoms with Crippen molar-refractivity contribution in [3.8, 4) is 0 Å². The van der Waals surface area contributed by atoms with E-state index in [1.54, 1.807) is 7.05 Å². The van der Waals surface area contributed by atoms with Crippen LogP contribution >= 0.6 is 0 Å². The molecule has 2 N–H and O–H groups in total. The summed E-state index contributed by atoms with van der Waals surface area (Å²) < 4.78 is 1.39. The van der Waals surface area contributed by atoms with Crippen LogP contribution in [0.25, 0.3) is 0 Å². The van der Waals surface area contributed by atoms with Crippen molar-refractivity contribution in [2.75, 3.05) is 13.6 Å². The Balaban J connectivity index is 1.73. The molecule has 2 aliphatic heterocycles. The van der Waals surface area contributed by atoms with Crippen LogP contribution in [0.1, 0.15) is 18.2 Å². The molecule has 2 aliphatic rings. The van der Waals surface area contributed by atoms with Crippen LogP contribution in [0.5, 0.6) is 0 Å². The van der Waals surface area contributed by atoms with Crippen molar-refractivity contribution in [3.05, 3.63) is 17.5 Å². The molecule has 0 unspecified atom stereocenters. The number of fused-ring (bicyclic) bond motifs is 1. The minimum Gasteiger partial charge on any atom is -0.339 e. The van der Waals surface area contributed by atoms with Crippen LogP contribution in [0.3, 0.4) is 0 Å². The molecule has 1 fully saturated rings. The molecular weight excluding hydrogens is 218 g/mol. The molecule has 0 radical (unpaired) electrons. The highest BCUT2D eigenvalue weighted by molar-refractivity contribution is 5.75. The van der Waals surface area contributed by atoms with Gasteiger partial charge in [-0.2, -0.15) is 9.78 Å². The van der Waals surface area contributed by atoms with Crippen LogP contribution in [-0.2, 0) is 13.1 Å². The number of amides is 1. The standard InChI is InChI=1S/C11H17N5O/c1-7-10(3-13-7)15-4-8-5-16(11(17)12-2)14-9(8)6-15/h5,7,10,13H,3-4,6H2,1-2H3,(H,12,17)/t7-,10+/m0/s1. The fourth-order valence-electron chi connectivity index (χ4n) is 2.53. The summed E-state index contributed by atoms with van der Waals surface area (Å²) in [5, 5.41) is 10.3. The second kappa shape index (κ2) is 3.82. The number of carbonyl (C=O) groups is 1. The van der Waals surface area contributed by atoms with Crippen molar-refractivity contribution >= 4 is 6.03 Å². The van der Waals surface area contributed by atoms with Crippen molar-refractivity contribution in [2.45, 2.75) is 32.1 Å². The first-order chi connectivity index (χ1) is 8.19. The molecule has 92 valence electrons. The lowest BCUT2D eigenvalue weighted by molar-refractivity contribution is 0.101. The Kier molecular flexibility index (Phi) is 2.41. The number of nitrogens with zero attached hydrogens (tertiary/aromatic N) is 3. The van der Waals surface area contributed by atoms with Crippen LogP contribution in [0.2, 0.25) is 0 Å². The summed E-state index contributed by atoms with van der Waals surface area (Å²) in [6, 6.07) is 0.993. The van der Waals surface area contributed by atoms with Crippen molar-refractivity contribution in [3.63, 3.8) is 0 Å². The quantitative estimate of drug-likeness (QED) is 0.704. The largest absolute Gasteiger partial charge is 0.341 e. The zero-order valence-corrected chi connectivity index (χ0v) is 10.1. The van der Waals surface area contributed by atoms with E-state index in [1.165, 1.54) is 10.2 Å². The van der Waals surface area contributed by atoms with Crippen LogP contribution in [0.4, 0.5) is 4.79 Å². The van der Waals surface area contributed by atoms with E-state index in [-0.39, 0.29) is 6.03 Å². The summed E-state index contributed by atoms with van der Waals surface area (Å²) in [4.78, 5) is 13.8. The van der Waals surface area contributed by atoms with Gasteiger partial charge in [-0.1, -0.05) is 0 Å². The van der Waals surface area contributed by atoms with Crippen LogP contribution in [-0.4, -0.2) is 46.4 Å². The second-order valence-electron chi connectivity index (χ2n) is 4.77. The van der Waals surface area contributed by atoms with Gasteiger partial charge in [0.05, 0.1) is 5.69 Å². The molecule has 0 aliphatic carbocycles. The zero-order valence-electron chi connectivity index (χ0n) is 10.1. The summed E-state index contributed by atoms with van der Waals surface area (Å²) in [6.45, 7) is 5.02. The Labute approximate surface area is 100.0 Å². The third-order valence-corrected chi connectivity index (χ3v) is 3.72. The molecule has 3 rings (SSSR count). The minimum absolute atomic E-state index is 0.176. The normalized spacial score (nSPS) is 27.6. The Bertz CT molecular complexity index is 431.